The molecule has 88 valence electrons. The van der Waals surface area contributed by atoms with Crippen molar-refractivity contribution in [3.8, 4) is 0 Å². The van der Waals surface area contributed by atoms with Crippen LogP contribution in [0.15, 0.2) is 0 Å². The molecule has 3 heteroatoms. The van der Waals surface area contributed by atoms with Gasteiger partial charge in [-0.25, -0.2) is 0 Å². The molecule has 0 aromatic rings. The second kappa shape index (κ2) is 5.08. The van der Waals surface area contributed by atoms with Crippen LogP contribution in [0.25, 0.3) is 0 Å². The number of piperazine rings is 1. The third kappa shape index (κ3) is 3.92. The third-order valence-electron chi connectivity index (χ3n) is 3.12. The second-order valence-corrected chi connectivity index (χ2v) is 5.38. The Hall–Kier alpha value is -0.410. The SMILES string of the molecule is CCN1CCN(CC(=O)C(C)(C)C)CC1. The Balaban J connectivity index is 2.33. The van der Waals surface area contributed by atoms with Gasteiger partial charge in [-0.1, -0.05) is 27.7 Å². The van der Waals surface area contributed by atoms with Crippen LogP contribution in [0.2, 0.25) is 0 Å². The van der Waals surface area contributed by atoms with Gasteiger partial charge in [0.2, 0.25) is 0 Å². The standard InChI is InChI=1S/C12H24N2O/c1-5-13-6-8-14(9-7-13)10-11(15)12(2,3)4/h5-10H2,1-4H3. The Morgan fingerprint density at radius 2 is 1.53 bits per heavy atom. The van der Waals surface area contributed by atoms with Crippen LogP contribution in [0.4, 0.5) is 0 Å². The Morgan fingerprint density at radius 1 is 1.07 bits per heavy atom. The number of carbonyl (C=O) groups excluding carboxylic acids is 1. The van der Waals surface area contributed by atoms with Gasteiger partial charge in [-0.05, 0) is 6.54 Å². The predicted octanol–water partition coefficient (Wildman–Crippen LogP) is 1.24. The highest BCUT2D eigenvalue weighted by atomic mass is 16.1. The van der Waals surface area contributed by atoms with E-state index in [0.29, 0.717) is 12.3 Å². The summed E-state index contributed by atoms with van der Waals surface area (Å²) in [5.41, 5.74) is -0.193. The van der Waals surface area contributed by atoms with E-state index < -0.39 is 0 Å². The summed E-state index contributed by atoms with van der Waals surface area (Å²) in [7, 11) is 0. The van der Waals surface area contributed by atoms with E-state index in [2.05, 4.69) is 16.7 Å². The lowest BCUT2D eigenvalue weighted by Gasteiger charge is -2.34. The van der Waals surface area contributed by atoms with Gasteiger partial charge < -0.3 is 4.90 Å². The maximum absolute atomic E-state index is 11.8. The van der Waals surface area contributed by atoms with Crippen molar-refractivity contribution >= 4 is 5.78 Å². The van der Waals surface area contributed by atoms with Crippen LogP contribution < -0.4 is 0 Å². The van der Waals surface area contributed by atoms with Crippen LogP contribution in [-0.4, -0.2) is 54.9 Å². The highest BCUT2D eigenvalue weighted by Gasteiger charge is 2.25. The minimum absolute atomic E-state index is 0.193. The predicted molar refractivity (Wildman–Crippen MR) is 63.0 cm³/mol. The number of nitrogens with zero attached hydrogens (tertiary/aromatic N) is 2. The molecule has 15 heavy (non-hydrogen) atoms. The fraction of sp³-hybridized carbons (Fsp3) is 0.917. The molecule has 1 fully saturated rings. The minimum Gasteiger partial charge on any atom is -0.301 e. The first-order chi connectivity index (χ1) is 6.93. The molecule has 0 amide bonds. The number of carbonyl (C=O) groups is 1. The second-order valence-electron chi connectivity index (χ2n) is 5.38. The molecule has 0 saturated carbocycles. The fourth-order valence-corrected chi connectivity index (χ4v) is 1.70. The highest BCUT2D eigenvalue weighted by molar-refractivity contribution is 5.85. The van der Waals surface area contributed by atoms with Gasteiger partial charge in [0.1, 0.15) is 0 Å². The third-order valence-corrected chi connectivity index (χ3v) is 3.12. The molecule has 3 nitrogen and oxygen atoms in total. The topological polar surface area (TPSA) is 23.6 Å². The Morgan fingerprint density at radius 3 is 1.93 bits per heavy atom. The van der Waals surface area contributed by atoms with Crippen LogP contribution in [-0.2, 0) is 4.79 Å². The Bertz CT molecular complexity index is 212. The highest BCUT2D eigenvalue weighted by Crippen LogP contribution is 2.15. The van der Waals surface area contributed by atoms with Gasteiger partial charge >= 0.3 is 0 Å². The molecule has 0 N–H and O–H groups in total. The molecule has 0 bridgehead atoms. The van der Waals surface area contributed by atoms with Gasteiger partial charge in [-0.2, -0.15) is 0 Å². The average molecular weight is 212 g/mol. The van der Waals surface area contributed by atoms with Gasteiger partial charge in [0, 0.05) is 31.6 Å². The quantitative estimate of drug-likeness (QED) is 0.703. The molecule has 1 heterocycles. The van der Waals surface area contributed by atoms with E-state index in [9.17, 15) is 4.79 Å². The molecule has 0 aliphatic carbocycles. The van der Waals surface area contributed by atoms with E-state index in [1.165, 1.54) is 0 Å². The maximum atomic E-state index is 11.8. The summed E-state index contributed by atoms with van der Waals surface area (Å²) < 4.78 is 0. The van der Waals surface area contributed by atoms with E-state index in [-0.39, 0.29) is 5.41 Å². The van der Waals surface area contributed by atoms with Crippen LogP contribution >= 0.6 is 0 Å². The number of likely N-dealkylation sites (N-methyl/N-ethyl adjacent to an activating group) is 1. The van der Waals surface area contributed by atoms with Gasteiger partial charge in [0.05, 0.1) is 6.54 Å². The molecule has 0 unspecified atom stereocenters. The number of hydrogen-bond acceptors (Lipinski definition) is 3. The minimum atomic E-state index is -0.193. The molecule has 0 aromatic heterocycles. The van der Waals surface area contributed by atoms with Crippen molar-refractivity contribution in [2.24, 2.45) is 5.41 Å². The Labute approximate surface area is 93.4 Å². The first-order valence-electron chi connectivity index (χ1n) is 5.91. The number of Topliss-reactive ketones (excluding diaryl/α,β-unsaturated/α-hetero) is 1. The molecule has 1 saturated heterocycles. The lowest BCUT2D eigenvalue weighted by molar-refractivity contribution is -0.127. The summed E-state index contributed by atoms with van der Waals surface area (Å²) >= 11 is 0. The van der Waals surface area contributed by atoms with Crippen molar-refractivity contribution in [2.45, 2.75) is 27.7 Å². The zero-order valence-corrected chi connectivity index (χ0v) is 10.5. The zero-order valence-electron chi connectivity index (χ0n) is 10.5. The van der Waals surface area contributed by atoms with E-state index in [1.807, 2.05) is 20.8 Å². The molecule has 1 aliphatic heterocycles. The van der Waals surface area contributed by atoms with Crippen LogP contribution in [0.5, 0.6) is 0 Å². The van der Waals surface area contributed by atoms with Gasteiger partial charge in [0.25, 0.3) is 0 Å². The summed E-state index contributed by atoms with van der Waals surface area (Å²) in [6, 6.07) is 0. The van der Waals surface area contributed by atoms with Crippen molar-refractivity contribution in [1.29, 1.82) is 0 Å². The summed E-state index contributed by atoms with van der Waals surface area (Å²) in [6.45, 7) is 14.2. The molecular formula is C12H24N2O. The smallest absolute Gasteiger partial charge is 0.152 e. The van der Waals surface area contributed by atoms with E-state index >= 15 is 0 Å². The van der Waals surface area contributed by atoms with Crippen molar-refractivity contribution in [3.63, 3.8) is 0 Å². The summed E-state index contributed by atoms with van der Waals surface area (Å²) in [4.78, 5) is 16.5. The van der Waals surface area contributed by atoms with Crippen molar-refractivity contribution in [1.82, 2.24) is 9.80 Å². The first kappa shape index (κ1) is 12.7. The van der Waals surface area contributed by atoms with Crippen LogP contribution in [0, 0.1) is 5.41 Å². The molecule has 1 aliphatic rings. The van der Waals surface area contributed by atoms with E-state index in [4.69, 9.17) is 0 Å². The molecule has 0 radical (unpaired) electrons. The fourth-order valence-electron chi connectivity index (χ4n) is 1.70. The molecule has 0 atom stereocenters. The summed E-state index contributed by atoms with van der Waals surface area (Å²) in [6.07, 6.45) is 0. The van der Waals surface area contributed by atoms with Crippen molar-refractivity contribution in [3.05, 3.63) is 0 Å². The molecule has 0 aromatic carbocycles. The zero-order chi connectivity index (χ0) is 11.5. The average Bonchev–Trinajstić information content (AvgIpc) is 2.17. The summed E-state index contributed by atoms with van der Waals surface area (Å²) in [5, 5.41) is 0. The number of hydrogen-bond donors (Lipinski definition) is 0. The number of ketones is 1. The molecule has 1 rings (SSSR count). The van der Waals surface area contributed by atoms with Gasteiger partial charge in [0.15, 0.2) is 5.78 Å². The largest absolute Gasteiger partial charge is 0.301 e. The number of rotatable bonds is 3. The molecule has 0 spiro atoms. The van der Waals surface area contributed by atoms with Crippen molar-refractivity contribution in [2.75, 3.05) is 39.3 Å². The van der Waals surface area contributed by atoms with Crippen LogP contribution in [0.1, 0.15) is 27.7 Å². The lowest BCUT2D eigenvalue weighted by Crippen LogP contribution is -2.48. The lowest BCUT2D eigenvalue weighted by atomic mass is 9.90. The molecular weight excluding hydrogens is 188 g/mol. The van der Waals surface area contributed by atoms with E-state index in [0.717, 1.165) is 32.7 Å². The van der Waals surface area contributed by atoms with Gasteiger partial charge in [-0.3, -0.25) is 9.69 Å². The first-order valence-corrected chi connectivity index (χ1v) is 5.91. The maximum Gasteiger partial charge on any atom is 0.152 e. The van der Waals surface area contributed by atoms with Gasteiger partial charge in [-0.15, -0.1) is 0 Å². The van der Waals surface area contributed by atoms with Crippen LogP contribution in [0.3, 0.4) is 0 Å². The Kier molecular flexibility index (Phi) is 4.29. The monoisotopic (exact) mass is 212 g/mol. The summed E-state index contributed by atoms with van der Waals surface area (Å²) in [5.74, 6) is 0.354. The van der Waals surface area contributed by atoms with Crippen molar-refractivity contribution < 1.29 is 4.79 Å². The normalized spacial score (nSPS) is 20.5. The van der Waals surface area contributed by atoms with E-state index in [1.54, 1.807) is 0 Å².